The molecule has 1 saturated heterocycles. The molecule has 0 saturated carbocycles. The summed E-state index contributed by atoms with van der Waals surface area (Å²) in [6, 6.07) is 13.9. The number of likely N-dealkylation sites (tertiary alicyclic amines) is 1. The Morgan fingerprint density at radius 1 is 1.27 bits per heavy atom. The number of para-hydroxylation sites is 1. The second kappa shape index (κ2) is 8.75. The van der Waals surface area contributed by atoms with E-state index in [9.17, 15) is 9.18 Å². The van der Waals surface area contributed by atoms with E-state index in [4.69, 9.17) is 21.5 Å². The molecule has 0 spiro atoms. The van der Waals surface area contributed by atoms with Crippen molar-refractivity contribution in [2.75, 3.05) is 13.1 Å². The van der Waals surface area contributed by atoms with Crippen molar-refractivity contribution in [1.82, 2.24) is 4.90 Å². The first-order valence-electron chi connectivity index (χ1n) is 8.39. The molecule has 4 nitrogen and oxygen atoms in total. The lowest BCUT2D eigenvalue weighted by Gasteiger charge is -2.36. The summed E-state index contributed by atoms with van der Waals surface area (Å²) < 4.78 is 19.1. The molecule has 1 heterocycles. The largest absolute Gasteiger partial charge is 0.425 e. The number of piperidine rings is 1. The third-order valence-electron chi connectivity index (χ3n) is 4.40. The number of benzene rings is 2. The number of halogens is 2. The van der Waals surface area contributed by atoms with Gasteiger partial charge < -0.3 is 14.8 Å². The molecule has 0 aliphatic carbocycles. The molecule has 2 aromatic rings. The molecule has 0 aromatic heterocycles. The Balaban J connectivity index is 1.68. The Kier molecular flexibility index (Phi) is 6.40. The minimum absolute atomic E-state index is 0.0203. The highest BCUT2D eigenvalue weighted by Gasteiger charge is 2.37. The molecule has 26 heavy (non-hydrogen) atoms. The van der Waals surface area contributed by atoms with E-state index in [1.54, 1.807) is 17.0 Å². The predicted octanol–water partition coefficient (Wildman–Crippen LogP) is 3.88. The molecular formula is C19H20ClFN2O2S. The van der Waals surface area contributed by atoms with Crippen LogP contribution in [0.1, 0.15) is 12.0 Å². The third-order valence-corrected chi connectivity index (χ3v) is 5.78. The van der Waals surface area contributed by atoms with Crippen molar-refractivity contribution in [2.45, 2.75) is 18.2 Å². The van der Waals surface area contributed by atoms with Gasteiger partial charge in [-0.25, -0.2) is 4.39 Å². The zero-order valence-corrected chi connectivity index (χ0v) is 15.7. The topological polar surface area (TPSA) is 55.6 Å². The highest BCUT2D eigenvalue weighted by Crippen LogP contribution is 2.31. The van der Waals surface area contributed by atoms with Gasteiger partial charge in [0.2, 0.25) is 5.91 Å². The molecule has 0 radical (unpaired) electrons. The van der Waals surface area contributed by atoms with Gasteiger partial charge in [-0.1, -0.05) is 35.9 Å². The zero-order valence-electron chi connectivity index (χ0n) is 14.1. The average Bonchev–Trinajstić information content (AvgIpc) is 2.66. The second-order valence-corrected chi connectivity index (χ2v) is 7.48. The van der Waals surface area contributed by atoms with Crippen LogP contribution < -0.4 is 9.92 Å². The summed E-state index contributed by atoms with van der Waals surface area (Å²) in [5.74, 6) is 0.272. The molecular weight excluding hydrogens is 375 g/mol. The second-order valence-electron chi connectivity index (χ2n) is 6.21. The summed E-state index contributed by atoms with van der Waals surface area (Å²) in [7, 11) is 0. The van der Waals surface area contributed by atoms with Gasteiger partial charge in [-0.2, -0.15) is 0 Å². The molecule has 1 aliphatic rings. The van der Waals surface area contributed by atoms with Crippen LogP contribution in [0.3, 0.4) is 0 Å². The SMILES string of the molecule is NCC1CCN(Cc2ccc(F)c(Cl)c2)C(=O)C1SOc1ccccc1. The Labute approximate surface area is 161 Å². The Morgan fingerprint density at radius 3 is 2.73 bits per heavy atom. The van der Waals surface area contributed by atoms with Crippen LogP contribution in [0, 0.1) is 11.7 Å². The molecule has 138 valence electrons. The number of carbonyl (C=O) groups is 1. The lowest BCUT2D eigenvalue weighted by atomic mass is 9.95. The van der Waals surface area contributed by atoms with Gasteiger partial charge in [0.25, 0.3) is 0 Å². The first kappa shape index (κ1) is 19.0. The molecule has 1 amide bonds. The molecule has 1 fully saturated rings. The quantitative estimate of drug-likeness (QED) is 0.755. The number of nitrogens with zero attached hydrogens (tertiary/aromatic N) is 1. The molecule has 1 aliphatic heterocycles. The van der Waals surface area contributed by atoms with E-state index in [2.05, 4.69) is 0 Å². The van der Waals surface area contributed by atoms with E-state index >= 15 is 0 Å². The lowest BCUT2D eigenvalue weighted by molar-refractivity contribution is -0.134. The van der Waals surface area contributed by atoms with Gasteiger partial charge >= 0.3 is 0 Å². The van der Waals surface area contributed by atoms with Crippen molar-refractivity contribution < 1.29 is 13.4 Å². The van der Waals surface area contributed by atoms with Crippen molar-refractivity contribution in [1.29, 1.82) is 0 Å². The fourth-order valence-electron chi connectivity index (χ4n) is 2.92. The van der Waals surface area contributed by atoms with Gasteiger partial charge in [0.05, 0.1) is 17.1 Å². The van der Waals surface area contributed by atoms with E-state index in [0.29, 0.717) is 25.4 Å². The highest BCUT2D eigenvalue weighted by molar-refractivity contribution is 7.96. The first-order valence-corrected chi connectivity index (χ1v) is 9.58. The van der Waals surface area contributed by atoms with Gasteiger partial charge in [0.1, 0.15) is 16.8 Å². The number of carbonyl (C=O) groups excluding carboxylic acids is 1. The molecule has 2 atom stereocenters. The van der Waals surface area contributed by atoms with E-state index < -0.39 is 5.82 Å². The van der Waals surface area contributed by atoms with Crippen LogP contribution in [0.5, 0.6) is 5.75 Å². The van der Waals surface area contributed by atoms with E-state index in [0.717, 1.165) is 24.0 Å². The van der Waals surface area contributed by atoms with Crippen molar-refractivity contribution in [2.24, 2.45) is 11.7 Å². The molecule has 0 bridgehead atoms. The summed E-state index contributed by atoms with van der Waals surface area (Å²) >= 11 is 6.99. The summed E-state index contributed by atoms with van der Waals surface area (Å²) in [5.41, 5.74) is 6.66. The highest BCUT2D eigenvalue weighted by atomic mass is 35.5. The van der Waals surface area contributed by atoms with E-state index in [1.807, 2.05) is 30.3 Å². The molecule has 2 N–H and O–H groups in total. The van der Waals surface area contributed by atoms with Crippen LogP contribution in [-0.4, -0.2) is 29.1 Å². The third kappa shape index (κ3) is 4.50. The fraction of sp³-hybridized carbons (Fsp3) is 0.316. The monoisotopic (exact) mass is 394 g/mol. The maximum absolute atomic E-state index is 13.3. The first-order chi connectivity index (χ1) is 12.6. The number of amides is 1. The number of hydrogen-bond donors (Lipinski definition) is 1. The predicted molar refractivity (Wildman–Crippen MR) is 102 cm³/mol. The number of hydrogen-bond acceptors (Lipinski definition) is 4. The van der Waals surface area contributed by atoms with Crippen LogP contribution in [0.25, 0.3) is 0 Å². The fourth-order valence-corrected chi connectivity index (χ4v) is 4.09. The zero-order chi connectivity index (χ0) is 18.5. The van der Waals surface area contributed by atoms with Gasteiger partial charge in [0.15, 0.2) is 0 Å². The van der Waals surface area contributed by atoms with Crippen molar-refractivity contribution in [3.63, 3.8) is 0 Å². The minimum atomic E-state index is -0.465. The maximum Gasteiger partial charge on any atom is 0.239 e. The van der Waals surface area contributed by atoms with E-state index in [-0.39, 0.29) is 22.1 Å². The maximum atomic E-state index is 13.3. The summed E-state index contributed by atoms with van der Waals surface area (Å²) in [4.78, 5) is 14.7. The molecule has 3 rings (SSSR count). The summed E-state index contributed by atoms with van der Waals surface area (Å²) in [5, 5.41) is -0.310. The minimum Gasteiger partial charge on any atom is -0.425 e. The van der Waals surface area contributed by atoms with Gasteiger partial charge in [-0.3, -0.25) is 4.79 Å². The molecule has 2 unspecified atom stereocenters. The van der Waals surface area contributed by atoms with Gasteiger partial charge in [0, 0.05) is 13.1 Å². The summed E-state index contributed by atoms with van der Waals surface area (Å²) in [6.45, 7) is 1.42. The molecule has 2 aromatic carbocycles. The van der Waals surface area contributed by atoms with Crippen LogP contribution >= 0.6 is 23.6 Å². The van der Waals surface area contributed by atoms with Crippen LogP contribution in [0.2, 0.25) is 5.02 Å². The number of nitrogens with two attached hydrogens (primary N) is 1. The van der Waals surface area contributed by atoms with Crippen molar-refractivity contribution in [3.8, 4) is 5.75 Å². The van der Waals surface area contributed by atoms with E-state index in [1.165, 1.54) is 6.07 Å². The average molecular weight is 395 g/mol. The normalized spacial score (nSPS) is 20.3. The summed E-state index contributed by atoms with van der Waals surface area (Å²) in [6.07, 6.45) is 0.799. The van der Waals surface area contributed by atoms with Crippen LogP contribution in [0.15, 0.2) is 48.5 Å². The lowest BCUT2D eigenvalue weighted by Crippen LogP contribution is -2.49. The van der Waals surface area contributed by atoms with Gasteiger partial charge in [-0.05, 0) is 48.7 Å². The number of rotatable bonds is 6. The Morgan fingerprint density at radius 2 is 2.04 bits per heavy atom. The van der Waals surface area contributed by atoms with Crippen molar-refractivity contribution >= 4 is 29.6 Å². The van der Waals surface area contributed by atoms with Crippen LogP contribution in [-0.2, 0) is 11.3 Å². The Hall–Kier alpha value is -1.76. The standard InChI is InChI=1S/C19H20ClFN2O2S/c20-16-10-13(6-7-17(16)21)12-23-9-8-14(11-22)18(19(23)24)26-25-15-4-2-1-3-5-15/h1-7,10,14,18H,8-9,11-12,22H2. The molecule has 7 heteroatoms. The van der Waals surface area contributed by atoms with Crippen molar-refractivity contribution in [3.05, 3.63) is 64.9 Å². The Bertz CT molecular complexity index is 762. The smallest absolute Gasteiger partial charge is 0.239 e. The van der Waals surface area contributed by atoms with Gasteiger partial charge in [-0.15, -0.1) is 0 Å². The van der Waals surface area contributed by atoms with Crippen LogP contribution in [0.4, 0.5) is 4.39 Å².